The Morgan fingerprint density at radius 2 is 2.11 bits per heavy atom. The molecular formula is C14H19NO3. The van der Waals surface area contributed by atoms with Gasteiger partial charge in [-0.25, -0.2) is 0 Å². The van der Waals surface area contributed by atoms with E-state index in [4.69, 9.17) is 4.74 Å². The number of hydrogen-bond acceptors (Lipinski definition) is 3. The third-order valence-electron chi connectivity index (χ3n) is 2.45. The molecule has 0 spiro atoms. The molecule has 0 aliphatic carbocycles. The Labute approximate surface area is 107 Å². The van der Waals surface area contributed by atoms with Gasteiger partial charge in [-0.1, -0.05) is 26.0 Å². The first-order valence-electron chi connectivity index (χ1n) is 6.26. The van der Waals surface area contributed by atoms with E-state index in [2.05, 4.69) is 5.32 Å². The Balaban J connectivity index is 0.000000771. The number of fused-ring (bicyclic) bond motifs is 1. The highest BCUT2D eigenvalue weighted by atomic mass is 16.5. The summed E-state index contributed by atoms with van der Waals surface area (Å²) in [5, 5.41) is 2.75. The minimum atomic E-state index is -0.244. The lowest BCUT2D eigenvalue weighted by Crippen LogP contribution is -2.07. The summed E-state index contributed by atoms with van der Waals surface area (Å²) in [6, 6.07) is 5.56. The molecule has 4 nitrogen and oxygen atoms in total. The maximum absolute atomic E-state index is 11.3. The van der Waals surface area contributed by atoms with E-state index in [1.54, 1.807) is 6.92 Å². The highest BCUT2D eigenvalue weighted by molar-refractivity contribution is 5.99. The molecule has 2 rings (SSSR count). The van der Waals surface area contributed by atoms with Gasteiger partial charge in [-0.15, -0.1) is 0 Å². The summed E-state index contributed by atoms with van der Waals surface area (Å²) in [6.07, 6.45) is 0.673. The van der Waals surface area contributed by atoms with Crippen molar-refractivity contribution in [1.29, 1.82) is 0 Å². The number of amides is 1. The van der Waals surface area contributed by atoms with Crippen LogP contribution in [0.2, 0.25) is 0 Å². The van der Waals surface area contributed by atoms with Crippen molar-refractivity contribution in [1.82, 2.24) is 0 Å². The van der Waals surface area contributed by atoms with Crippen LogP contribution in [0.25, 0.3) is 0 Å². The first-order chi connectivity index (χ1) is 8.69. The minimum Gasteiger partial charge on any atom is -0.466 e. The van der Waals surface area contributed by atoms with Gasteiger partial charge in [-0.05, 0) is 24.1 Å². The fourth-order valence-corrected chi connectivity index (χ4v) is 1.75. The number of benzene rings is 1. The third-order valence-corrected chi connectivity index (χ3v) is 2.45. The van der Waals surface area contributed by atoms with Crippen LogP contribution in [0.3, 0.4) is 0 Å². The molecule has 18 heavy (non-hydrogen) atoms. The van der Waals surface area contributed by atoms with E-state index in [1.165, 1.54) is 0 Å². The van der Waals surface area contributed by atoms with Crippen LogP contribution in [0.5, 0.6) is 0 Å². The lowest BCUT2D eigenvalue weighted by molar-refractivity contribution is -0.142. The molecular weight excluding hydrogens is 230 g/mol. The summed E-state index contributed by atoms with van der Waals surface area (Å²) in [5.74, 6) is -0.241. The maximum Gasteiger partial charge on any atom is 0.310 e. The Morgan fingerprint density at radius 3 is 2.78 bits per heavy atom. The molecule has 0 saturated carbocycles. The van der Waals surface area contributed by atoms with Crippen LogP contribution < -0.4 is 5.32 Å². The topological polar surface area (TPSA) is 55.4 Å². The van der Waals surface area contributed by atoms with Crippen molar-refractivity contribution in [2.24, 2.45) is 0 Å². The zero-order valence-electron chi connectivity index (χ0n) is 11.1. The molecule has 0 aromatic heterocycles. The molecule has 1 aliphatic rings. The summed E-state index contributed by atoms with van der Waals surface area (Å²) in [5.41, 5.74) is 2.66. The van der Waals surface area contributed by atoms with Crippen molar-refractivity contribution >= 4 is 17.6 Å². The van der Waals surface area contributed by atoms with E-state index >= 15 is 0 Å². The highest BCUT2D eigenvalue weighted by Gasteiger charge is 2.17. The number of carbonyl (C=O) groups excluding carboxylic acids is 2. The lowest BCUT2D eigenvalue weighted by atomic mass is 10.1. The van der Waals surface area contributed by atoms with Crippen LogP contribution in [-0.4, -0.2) is 18.5 Å². The van der Waals surface area contributed by atoms with Crippen molar-refractivity contribution in [2.45, 2.75) is 33.6 Å². The standard InChI is InChI=1S/C12H13NO3.C2H6/c1-2-16-12(15)6-8-3-4-9-7-11(14)13-10(9)5-8;1-2/h3-5H,2,6-7H2,1H3,(H,13,14);1-2H3. The van der Waals surface area contributed by atoms with Crippen molar-refractivity contribution in [3.63, 3.8) is 0 Å². The minimum absolute atomic E-state index is 0.00304. The van der Waals surface area contributed by atoms with Gasteiger partial charge < -0.3 is 10.1 Å². The van der Waals surface area contributed by atoms with Crippen LogP contribution >= 0.6 is 0 Å². The largest absolute Gasteiger partial charge is 0.466 e. The van der Waals surface area contributed by atoms with Crippen LogP contribution in [-0.2, 0) is 27.2 Å². The summed E-state index contributed by atoms with van der Waals surface area (Å²) in [7, 11) is 0. The number of carbonyl (C=O) groups is 2. The molecule has 1 aliphatic heterocycles. The van der Waals surface area contributed by atoms with E-state index in [1.807, 2.05) is 32.0 Å². The lowest BCUT2D eigenvalue weighted by Gasteiger charge is -2.04. The second-order valence-corrected chi connectivity index (χ2v) is 3.70. The quantitative estimate of drug-likeness (QED) is 0.836. The van der Waals surface area contributed by atoms with Crippen molar-refractivity contribution in [3.05, 3.63) is 29.3 Å². The second-order valence-electron chi connectivity index (χ2n) is 3.70. The Kier molecular flexibility index (Phi) is 5.36. The average molecular weight is 249 g/mol. The Bertz CT molecular complexity index is 441. The summed E-state index contributed by atoms with van der Waals surface area (Å²) in [6.45, 7) is 6.17. The maximum atomic E-state index is 11.3. The van der Waals surface area contributed by atoms with Gasteiger partial charge in [0.05, 0.1) is 19.4 Å². The van der Waals surface area contributed by atoms with Gasteiger partial charge >= 0.3 is 5.97 Å². The van der Waals surface area contributed by atoms with Gasteiger partial charge in [0.2, 0.25) is 5.91 Å². The van der Waals surface area contributed by atoms with Crippen molar-refractivity contribution < 1.29 is 14.3 Å². The van der Waals surface area contributed by atoms with E-state index in [0.29, 0.717) is 13.0 Å². The first kappa shape index (κ1) is 14.2. The molecule has 0 fully saturated rings. The summed E-state index contributed by atoms with van der Waals surface area (Å²) >= 11 is 0. The average Bonchev–Trinajstić information content (AvgIpc) is 2.71. The predicted molar refractivity (Wildman–Crippen MR) is 70.5 cm³/mol. The number of anilines is 1. The van der Waals surface area contributed by atoms with Crippen molar-refractivity contribution in [2.75, 3.05) is 11.9 Å². The van der Waals surface area contributed by atoms with E-state index in [9.17, 15) is 9.59 Å². The SMILES string of the molecule is CC.CCOC(=O)Cc1ccc2c(c1)NC(=O)C2. The molecule has 1 aromatic rings. The van der Waals surface area contributed by atoms with Gasteiger partial charge in [0.1, 0.15) is 0 Å². The van der Waals surface area contributed by atoms with Crippen LogP contribution in [0, 0.1) is 0 Å². The second kappa shape index (κ2) is 6.79. The Morgan fingerprint density at radius 1 is 1.39 bits per heavy atom. The van der Waals surface area contributed by atoms with Crippen LogP contribution in [0.1, 0.15) is 31.9 Å². The first-order valence-corrected chi connectivity index (χ1v) is 6.26. The van der Waals surface area contributed by atoms with Gasteiger partial charge in [0, 0.05) is 5.69 Å². The van der Waals surface area contributed by atoms with Crippen molar-refractivity contribution in [3.8, 4) is 0 Å². The molecule has 1 aromatic carbocycles. The fourth-order valence-electron chi connectivity index (χ4n) is 1.75. The zero-order chi connectivity index (χ0) is 13.5. The molecule has 1 heterocycles. The number of esters is 1. The molecule has 0 radical (unpaired) electrons. The molecule has 0 unspecified atom stereocenters. The Hall–Kier alpha value is -1.84. The number of nitrogens with one attached hydrogen (secondary N) is 1. The third kappa shape index (κ3) is 3.58. The van der Waals surface area contributed by atoms with Crippen LogP contribution in [0.4, 0.5) is 5.69 Å². The molecule has 0 atom stereocenters. The summed E-state index contributed by atoms with van der Waals surface area (Å²) < 4.78 is 4.86. The van der Waals surface area contributed by atoms with Crippen LogP contribution in [0.15, 0.2) is 18.2 Å². The molecule has 4 heteroatoms. The normalized spacial score (nSPS) is 12.1. The molecule has 1 N–H and O–H groups in total. The smallest absolute Gasteiger partial charge is 0.310 e. The molecule has 98 valence electrons. The van der Waals surface area contributed by atoms with Gasteiger partial charge in [-0.2, -0.15) is 0 Å². The van der Waals surface area contributed by atoms with E-state index in [-0.39, 0.29) is 18.3 Å². The number of rotatable bonds is 3. The zero-order valence-corrected chi connectivity index (χ0v) is 11.1. The number of ether oxygens (including phenoxy) is 1. The van der Waals surface area contributed by atoms with E-state index < -0.39 is 0 Å². The van der Waals surface area contributed by atoms with Gasteiger partial charge in [-0.3, -0.25) is 9.59 Å². The monoisotopic (exact) mass is 249 g/mol. The molecule has 1 amide bonds. The summed E-state index contributed by atoms with van der Waals surface area (Å²) in [4.78, 5) is 22.4. The molecule has 0 bridgehead atoms. The van der Waals surface area contributed by atoms with Gasteiger partial charge in [0.25, 0.3) is 0 Å². The number of hydrogen-bond donors (Lipinski definition) is 1. The van der Waals surface area contributed by atoms with Gasteiger partial charge in [0.15, 0.2) is 0 Å². The predicted octanol–water partition coefficient (Wildman–Crippen LogP) is 2.31. The van der Waals surface area contributed by atoms with E-state index in [0.717, 1.165) is 16.8 Å². The molecule has 0 saturated heterocycles. The fraction of sp³-hybridized carbons (Fsp3) is 0.429. The highest BCUT2D eigenvalue weighted by Crippen LogP contribution is 2.24.